The van der Waals surface area contributed by atoms with Crippen molar-refractivity contribution in [1.29, 1.82) is 0 Å². The first-order valence-electron chi connectivity index (χ1n) is 14.4. The smallest absolute Gasteiger partial charge is 0.00130 e. The molecule has 0 atom stereocenters. The Morgan fingerprint density at radius 3 is 1.59 bits per heavy atom. The van der Waals surface area contributed by atoms with Crippen LogP contribution >= 0.6 is 0 Å². The molecule has 0 saturated carbocycles. The molecule has 9 rings (SSSR count). The first-order valence-corrected chi connectivity index (χ1v) is 14.4. The Morgan fingerprint density at radius 2 is 0.878 bits per heavy atom. The third-order valence-corrected chi connectivity index (χ3v) is 9.05. The van der Waals surface area contributed by atoms with Gasteiger partial charge in [0.1, 0.15) is 0 Å². The second-order valence-electron chi connectivity index (χ2n) is 11.2. The lowest BCUT2D eigenvalue weighted by atomic mass is 9.84. The van der Waals surface area contributed by atoms with Gasteiger partial charge in [0, 0.05) is 0 Å². The van der Waals surface area contributed by atoms with Gasteiger partial charge in [-0.15, -0.1) is 0 Å². The number of fused-ring (bicyclic) bond motifs is 8. The fourth-order valence-electron chi connectivity index (χ4n) is 7.30. The molecule has 8 aromatic rings. The summed E-state index contributed by atoms with van der Waals surface area (Å²) in [5.41, 5.74) is 10.8. The molecule has 8 aromatic carbocycles. The average molecular weight is 519 g/mol. The highest BCUT2D eigenvalue weighted by molar-refractivity contribution is 6.23. The molecule has 0 fully saturated rings. The van der Waals surface area contributed by atoms with Crippen LogP contribution in [0.3, 0.4) is 0 Å². The monoisotopic (exact) mass is 518 g/mol. The van der Waals surface area contributed by atoms with Crippen LogP contribution in [0.25, 0.3) is 76.5 Å². The fraction of sp³-hybridized carbons (Fsp3) is 0.0244. The lowest BCUT2D eigenvalue weighted by molar-refractivity contribution is 1.27. The van der Waals surface area contributed by atoms with Gasteiger partial charge in [-0.25, -0.2) is 0 Å². The first kappa shape index (κ1) is 22.6. The van der Waals surface area contributed by atoms with Crippen LogP contribution in [0.15, 0.2) is 146 Å². The predicted molar refractivity (Wildman–Crippen MR) is 176 cm³/mol. The summed E-state index contributed by atoms with van der Waals surface area (Å²) in [6.07, 6.45) is 0.979. The largest absolute Gasteiger partial charge is 0.0616 e. The molecule has 190 valence electrons. The Kier molecular flexibility index (Phi) is 4.77. The van der Waals surface area contributed by atoms with E-state index >= 15 is 0 Å². The van der Waals surface area contributed by atoms with Gasteiger partial charge in [0.2, 0.25) is 0 Å². The van der Waals surface area contributed by atoms with Gasteiger partial charge in [0.25, 0.3) is 0 Å². The predicted octanol–water partition coefficient (Wildman–Crippen LogP) is 11.2. The second-order valence-corrected chi connectivity index (χ2v) is 11.2. The maximum atomic E-state index is 2.45. The van der Waals surface area contributed by atoms with Gasteiger partial charge in [0.15, 0.2) is 0 Å². The molecule has 0 spiro atoms. The van der Waals surface area contributed by atoms with Crippen LogP contribution < -0.4 is 0 Å². The minimum atomic E-state index is 0.979. The summed E-state index contributed by atoms with van der Waals surface area (Å²) < 4.78 is 0. The van der Waals surface area contributed by atoms with Crippen molar-refractivity contribution >= 4 is 43.1 Å². The highest BCUT2D eigenvalue weighted by atomic mass is 14.3. The molecular formula is C41H26. The van der Waals surface area contributed by atoms with E-state index < -0.39 is 0 Å². The fourth-order valence-corrected chi connectivity index (χ4v) is 7.30. The Balaban J connectivity index is 1.33. The Labute approximate surface area is 239 Å². The van der Waals surface area contributed by atoms with E-state index in [-0.39, 0.29) is 0 Å². The molecule has 0 nitrogen and oxygen atoms in total. The molecule has 41 heavy (non-hydrogen) atoms. The topological polar surface area (TPSA) is 0 Å². The van der Waals surface area contributed by atoms with Crippen LogP contribution in [0, 0.1) is 0 Å². The van der Waals surface area contributed by atoms with Crippen molar-refractivity contribution in [2.75, 3.05) is 0 Å². The lowest BCUT2D eigenvalue weighted by Gasteiger charge is -2.19. The highest BCUT2D eigenvalue weighted by Gasteiger charge is 2.23. The van der Waals surface area contributed by atoms with E-state index in [1.165, 1.54) is 87.6 Å². The van der Waals surface area contributed by atoms with Gasteiger partial charge in [-0.05, 0) is 94.0 Å². The SMILES string of the molecule is c1ccc2c(-c3c4ccccc4c(-c4ccc5c(c4)Cc4ccc6ccccc6c4-5)c4ccccc34)cccc2c1. The van der Waals surface area contributed by atoms with E-state index in [0.717, 1.165) is 6.42 Å². The van der Waals surface area contributed by atoms with E-state index in [0.29, 0.717) is 0 Å². The van der Waals surface area contributed by atoms with Gasteiger partial charge in [-0.2, -0.15) is 0 Å². The Morgan fingerprint density at radius 1 is 0.317 bits per heavy atom. The number of hydrogen-bond acceptors (Lipinski definition) is 0. The maximum absolute atomic E-state index is 2.45. The summed E-state index contributed by atoms with van der Waals surface area (Å²) in [7, 11) is 0. The molecule has 0 heteroatoms. The molecule has 0 N–H and O–H groups in total. The summed E-state index contributed by atoms with van der Waals surface area (Å²) in [6.45, 7) is 0. The summed E-state index contributed by atoms with van der Waals surface area (Å²) in [5, 5.41) is 10.4. The summed E-state index contributed by atoms with van der Waals surface area (Å²) in [4.78, 5) is 0. The molecule has 0 radical (unpaired) electrons. The van der Waals surface area contributed by atoms with Crippen LogP contribution in [-0.4, -0.2) is 0 Å². The van der Waals surface area contributed by atoms with Crippen LogP contribution in [0.1, 0.15) is 11.1 Å². The minimum absolute atomic E-state index is 0.979. The van der Waals surface area contributed by atoms with E-state index in [1.807, 2.05) is 0 Å². The van der Waals surface area contributed by atoms with Crippen LogP contribution in [0.5, 0.6) is 0 Å². The summed E-state index contributed by atoms with van der Waals surface area (Å²) in [6, 6.07) is 53.9. The van der Waals surface area contributed by atoms with Crippen molar-refractivity contribution in [1.82, 2.24) is 0 Å². The van der Waals surface area contributed by atoms with Crippen molar-refractivity contribution in [2.24, 2.45) is 0 Å². The lowest BCUT2D eigenvalue weighted by Crippen LogP contribution is -1.92. The number of rotatable bonds is 2. The molecule has 1 aliphatic rings. The number of hydrogen-bond donors (Lipinski definition) is 0. The van der Waals surface area contributed by atoms with E-state index in [9.17, 15) is 0 Å². The van der Waals surface area contributed by atoms with Crippen LogP contribution in [-0.2, 0) is 6.42 Å². The van der Waals surface area contributed by atoms with Gasteiger partial charge < -0.3 is 0 Å². The van der Waals surface area contributed by atoms with Crippen molar-refractivity contribution < 1.29 is 0 Å². The molecular weight excluding hydrogens is 492 g/mol. The van der Waals surface area contributed by atoms with E-state index in [2.05, 4.69) is 146 Å². The van der Waals surface area contributed by atoms with Gasteiger partial charge >= 0.3 is 0 Å². The standard InChI is InChI=1S/C41H26/c1-3-13-31-26(10-1)12-9-19-34(31)41-37-17-7-5-15-35(37)40(36-16-6-8-18-38(36)41)29-22-23-33-30(25-29)24-28-21-20-27-11-2-4-14-32(27)39(28)33/h1-23,25H,24H2. The van der Waals surface area contributed by atoms with Crippen LogP contribution in [0.4, 0.5) is 0 Å². The first-order chi connectivity index (χ1) is 20.3. The molecule has 0 amide bonds. The maximum Gasteiger partial charge on any atom is -0.00130 e. The summed E-state index contributed by atoms with van der Waals surface area (Å²) in [5.74, 6) is 0. The van der Waals surface area contributed by atoms with Gasteiger partial charge in [0.05, 0.1) is 0 Å². The van der Waals surface area contributed by atoms with Crippen molar-refractivity contribution in [3.8, 4) is 33.4 Å². The molecule has 1 aliphatic carbocycles. The minimum Gasteiger partial charge on any atom is -0.0616 e. The Bertz CT molecular complexity index is 2270. The zero-order valence-corrected chi connectivity index (χ0v) is 22.6. The summed E-state index contributed by atoms with van der Waals surface area (Å²) >= 11 is 0. The molecule has 0 aromatic heterocycles. The van der Waals surface area contributed by atoms with Crippen molar-refractivity contribution in [3.63, 3.8) is 0 Å². The van der Waals surface area contributed by atoms with E-state index in [1.54, 1.807) is 0 Å². The number of benzene rings is 8. The van der Waals surface area contributed by atoms with E-state index in [4.69, 9.17) is 0 Å². The second kappa shape index (κ2) is 8.65. The highest BCUT2D eigenvalue weighted by Crippen LogP contribution is 2.47. The molecule has 0 saturated heterocycles. The molecule has 0 heterocycles. The zero-order valence-electron chi connectivity index (χ0n) is 22.6. The van der Waals surface area contributed by atoms with Crippen LogP contribution in [0.2, 0.25) is 0 Å². The van der Waals surface area contributed by atoms with Gasteiger partial charge in [-0.1, -0.05) is 146 Å². The van der Waals surface area contributed by atoms with Crippen molar-refractivity contribution in [2.45, 2.75) is 6.42 Å². The zero-order chi connectivity index (χ0) is 26.9. The normalized spacial score (nSPS) is 12.3. The van der Waals surface area contributed by atoms with Crippen molar-refractivity contribution in [3.05, 3.63) is 157 Å². The third kappa shape index (κ3) is 3.28. The average Bonchev–Trinajstić information content (AvgIpc) is 3.42. The third-order valence-electron chi connectivity index (χ3n) is 9.05. The Hall–Kier alpha value is -5.20. The quantitative estimate of drug-likeness (QED) is 0.200. The van der Waals surface area contributed by atoms with Gasteiger partial charge in [-0.3, -0.25) is 0 Å². The molecule has 0 aliphatic heterocycles. The molecule has 0 bridgehead atoms. The molecule has 0 unspecified atom stereocenters.